The van der Waals surface area contributed by atoms with Crippen LogP contribution in [0, 0.1) is 5.92 Å². The van der Waals surface area contributed by atoms with Crippen LogP contribution in [0.2, 0.25) is 0 Å². The van der Waals surface area contributed by atoms with E-state index in [0.717, 1.165) is 17.2 Å². The maximum atomic E-state index is 5.35. The summed E-state index contributed by atoms with van der Waals surface area (Å²) >= 11 is 1.94. The van der Waals surface area contributed by atoms with Crippen LogP contribution >= 0.6 is 11.8 Å². The van der Waals surface area contributed by atoms with Crippen LogP contribution in [0.1, 0.15) is 17.2 Å². The van der Waals surface area contributed by atoms with Crippen molar-refractivity contribution in [2.24, 2.45) is 11.0 Å². The molecule has 0 amide bonds. The number of fused-ring (bicyclic) bond motifs is 3. The van der Waals surface area contributed by atoms with Crippen molar-refractivity contribution in [1.29, 1.82) is 0 Å². The molecular weight excluding hydrogens is 352 g/mol. The van der Waals surface area contributed by atoms with Crippen molar-refractivity contribution in [3.8, 4) is 5.75 Å². The van der Waals surface area contributed by atoms with Crippen molar-refractivity contribution in [3.05, 3.63) is 90.0 Å². The van der Waals surface area contributed by atoms with Crippen molar-refractivity contribution in [3.63, 3.8) is 0 Å². The number of benzene rings is 3. The lowest BCUT2D eigenvalue weighted by molar-refractivity contribution is 0.414. The van der Waals surface area contributed by atoms with Crippen LogP contribution in [-0.2, 0) is 0 Å². The molecule has 0 aliphatic carbocycles. The molecule has 3 aromatic rings. The second-order valence-electron chi connectivity index (χ2n) is 6.80. The first kappa shape index (κ1) is 16.5. The minimum absolute atomic E-state index is 0.189. The van der Waals surface area contributed by atoms with Gasteiger partial charge in [0.25, 0.3) is 0 Å². The highest BCUT2D eigenvalue weighted by Crippen LogP contribution is 2.47. The number of anilines is 1. The van der Waals surface area contributed by atoms with Gasteiger partial charge in [0, 0.05) is 22.1 Å². The molecule has 0 N–H and O–H groups in total. The summed E-state index contributed by atoms with van der Waals surface area (Å²) < 4.78 is 5.35. The smallest absolute Gasteiger partial charge is 0.118 e. The third-order valence-electron chi connectivity index (χ3n) is 5.27. The number of thioether (sulfide) groups is 1. The van der Waals surface area contributed by atoms with E-state index >= 15 is 0 Å². The van der Waals surface area contributed by atoms with Gasteiger partial charge >= 0.3 is 0 Å². The van der Waals surface area contributed by atoms with Crippen LogP contribution in [0.5, 0.6) is 5.75 Å². The topological polar surface area (TPSA) is 24.8 Å². The summed E-state index contributed by atoms with van der Waals surface area (Å²) in [5, 5.41) is 7.33. The lowest BCUT2D eigenvalue weighted by atomic mass is 9.88. The van der Waals surface area contributed by atoms with Gasteiger partial charge in [-0.3, -0.25) is 5.01 Å². The van der Waals surface area contributed by atoms with E-state index in [9.17, 15) is 0 Å². The average Bonchev–Trinajstić information content (AvgIpc) is 3.14. The molecule has 5 rings (SSSR count). The molecule has 27 heavy (non-hydrogen) atoms. The van der Waals surface area contributed by atoms with Crippen LogP contribution in [0.25, 0.3) is 0 Å². The molecule has 3 nitrogen and oxygen atoms in total. The van der Waals surface area contributed by atoms with E-state index in [1.165, 1.54) is 21.7 Å². The number of rotatable bonds is 3. The molecule has 3 aromatic carbocycles. The standard InChI is InChI=1S/C23H20N2OS/c1-26-18-13-11-16(12-14-18)23-20-15-27-21-10-6-5-9-19(21)22(20)24-25(23)17-7-3-2-4-8-17/h2-14,20,23H,15H2,1H3/t20-,23-/m0/s1. The molecule has 134 valence electrons. The third-order valence-corrected chi connectivity index (χ3v) is 6.46. The Kier molecular flexibility index (Phi) is 4.13. The van der Waals surface area contributed by atoms with Gasteiger partial charge in [0.05, 0.1) is 24.6 Å². The first-order chi connectivity index (χ1) is 13.3. The minimum atomic E-state index is 0.189. The molecule has 2 atom stereocenters. The molecule has 0 saturated carbocycles. The van der Waals surface area contributed by atoms with Crippen molar-refractivity contribution < 1.29 is 4.74 Å². The SMILES string of the molecule is COc1ccc([C@H]2[C@H]3CSc4ccccc4C3=NN2c2ccccc2)cc1. The summed E-state index contributed by atoms with van der Waals surface area (Å²) in [4.78, 5) is 1.33. The van der Waals surface area contributed by atoms with E-state index in [1.54, 1.807) is 7.11 Å². The molecule has 0 spiro atoms. The van der Waals surface area contributed by atoms with E-state index in [2.05, 4.69) is 65.7 Å². The second-order valence-corrected chi connectivity index (χ2v) is 7.86. The van der Waals surface area contributed by atoms with Crippen molar-refractivity contribution in [2.75, 3.05) is 17.9 Å². The maximum Gasteiger partial charge on any atom is 0.118 e. The van der Waals surface area contributed by atoms with Crippen LogP contribution in [0.4, 0.5) is 5.69 Å². The van der Waals surface area contributed by atoms with Crippen LogP contribution in [-0.4, -0.2) is 18.6 Å². The highest BCUT2D eigenvalue weighted by molar-refractivity contribution is 7.99. The third kappa shape index (κ3) is 2.81. The van der Waals surface area contributed by atoms with Gasteiger partial charge in [-0.1, -0.05) is 48.5 Å². The van der Waals surface area contributed by atoms with Gasteiger partial charge in [0.15, 0.2) is 0 Å². The summed E-state index contributed by atoms with van der Waals surface area (Å²) in [6.45, 7) is 0. The molecule has 0 radical (unpaired) electrons. The number of para-hydroxylation sites is 1. The van der Waals surface area contributed by atoms with Gasteiger partial charge in [0.1, 0.15) is 5.75 Å². The summed E-state index contributed by atoms with van der Waals surface area (Å²) in [6, 6.07) is 27.7. The minimum Gasteiger partial charge on any atom is -0.497 e. The van der Waals surface area contributed by atoms with Crippen molar-refractivity contribution >= 4 is 23.2 Å². The van der Waals surface area contributed by atoms with Crippen molar-refractivity contribution in [2.45, 2.75) is 10.9 Å². The predicted molar refractivity (Wildman–Crippen MR) is 112 cm³/mol. The van der Waals surface area contributed by atoms with Gasteiger partial charge in [-0.05, 0) is 35.9 Å². The predicted octanol–water partition coefficient (Wildman–Crippen LogP) is 5.38. The molecule has 2 aliphatic heterocycles. The monoisotopic (exact) mass is 372 g/mol. The maximum absolute atomic E-state index is 5.35. The Morgan fingerprint density at radius 2 is 1.67 bits per heavy atom. The molecule has 0 saturated heterocycles. The highest BCUT2D eigenvalue weighted by Gasteiger charge is 2.42. The summed E-state index contributed by atoms with van der Waals surface area (Å²) in [7, 11) is 1.71. The van der Waals surface area contributed by atoms with Crippen LogP contribution < -0.4 is 9.75 Å². The molecule has 2 aliphatic rings. The van der Waals surface area contributed by atoms with E-state index in [4.69, 9.17) is 9.84 Å². The average molecular weight is 372 g/mol. The van der Waals surface area contributed by atoms with Gasteiger partial charge in [-0.15, -0.1) is 11.8 Å². The van der Waals surface area contributed by atoms with Crippen LogP contribution in [0.15, 0.2) is 88.9 Å². The van der Waals surface area contributed by atoms with Gasteiger partial charge < -0.3 is 4.74 Å². The zero-order valence-electron chi connectivity index (χ0n) is 15.1. The summed E-state index contributed by atoms with van der Waals surface area (Å²) in [5.41, 5.74) is 4.87. The summed E-state index contributed by atoms with van der Waals surface area (Å²) in [5.74, 6) is 2.28. The zero-order chi connectivity index (χ0) is 18.2. The Labute approximate surface area is 163 Å². The number of nitrogens with zero attached hydrogens (tertiary/aromatic N) is 2. The van der Waals surface area contributed by atoms with Gasteiger partial charge in [-0.2, -0.15) is 5.10 Å². The lowest BCUT2D eigenvalue weighted by Crippen LogP contribution is -2.29. The molecule has 0 unspecified atom stereocenters. The Balaban J connectivity index is 1.62. The fourth-order valence-electron chi connectivity index (χ4n) is 3.95. The van der Waals surface area contributed by atoms with Crippen molar-refractivity contribution in [1.82, 2.24) is 0 Å². The van der Waals surface area contributed by atoms with Crippen LogP contribution in [0.3, 0.4) is 0 Å². The number of hydrogen-bond acceptors (Lipinski definition) is 4. The number of hydrazone groups is 1. The van der Waals surface area contributed by atoms with E-state index in [1.807, 2.05) is 30.0 Å². The van der Waals surface area contributed by atoms with Gasteiger partial charge in [0.2, 0.25) is 0 Å². The first-order valence-corrected chi connectivity index (χ1v) is 10.1. The Hall–Kier alpha value is -2.72. The Morgan fingerprint density at radius 3 is 2.44 bits per heavy atom. The molecule has 2 heterocycles. The quantitative estimate of drug-likeness (QED) is 0.617. The number of hydrogen-bond donors (Lipinski definition) is 0. The highest BCUT2D eigenvalue weighted by atomic mass is 32.2. The largest absolute Gasteiger partial charge is 0.497 e. The lowest BCUT2D eigenvalue weighted by Gasteiger charge is -2.30. The molecule has 0 fully saturated rings. The fraction of sp³-hybridized carbons (Fsp3) is 0.174. The fourth-order valence-corrected chi connectivity index (χ4v) is 5.16. The van der Waals surface area contributed by atoms with E-state index in [0.29, 0.717) is 5.92 Å². The normalized spacial score (nSPS) is 20.6. The molecule has 0 aromatic heterocycles. The Bertz CT molecular complexity index is 985. The molecular formula is C23H20N2OS. The summed E-state index contributed by atoms with van der Waals surface area (Å²) in [6.07, 6.45) is 0. The van der Waals surface area contributed by atoms with Gasteiger partial charge in [-0.25, -0.2) is 0 Å². The molecule has 0 bridgehead atoms. The van der Waals surface area contributed by atoms with E-state index < -0.39 is 0 Å². The Morgan fingerprint density at radius 1 is 0.926 bits per heavy atom. The molecule has 4 heteroatoms. The zero-order valence-corrected chi connectivity index (χ0v) is 15.9. The second kappa shape index (κ2) is 6.78. The van der Waals surface area contributed by atoms with E-state index in [-0.39, 0.29) is 6.04 Å². The number of ether oxygens (including phenoxy) is 1. The first-order valence-electron chi connectivity index (χ1n) is 9.14. The number of methoxy groups -OCH3 is 1.